The molecule has 0 aliphatic carbocycles. The van der Waals surface area contributed by atoms with E-state index in [1.54, 1.807) is 0 Å². The highest BCUT2D eigenvalue weighted by molar-refractivity contribution is 9.10. The SMILES string of the molecule is C#CCN1C(=O)N=C(N)C1c1cc(Br)cs1. The van der Waals surface area contributed by atoms with Crippen LogP contribution >= 0.6 is 27.3 Å². The number of hydrogen-bond acceptors (Lipinski definition) is 3. The van der Waals surface area contributed by atoms with E-state index in [1.807, 2.05) is 11.4 Å². The number of rotatable bonds is 2. The zero-order valence-corrected chi connectivity index (χ0v) is 10.6. The fourth-order valence-electron chi connectivity index (χ4n) is 1.53. The van der Waals surface area contributed by atoms with Crippen LogP contribution < -0.4 is 5.73 Å². The Morgan fingerprint density at radius 3 is 3.06 bits per heavy atom. The molecular formula is C10H8BrN3OS. The maximum Gasteiger partial charge on any atom is 0.347 e. The number of nitrogens with two attached hydrogens (primary N) is 1. The number of halogens is 1. The summed E-state index contributed by atoms with van der Waals surface area (Å²) in [7, 11) is 0. The molecule has 0 saturated heterocycles. The quantitative estimate of drug-likeness (QED) is 0.849. The number of thiophene rings is 1. The van der Waals surface area contributed by atoms with E-state index in [2.05, 4.69) is 26.8 Å². The van der Waals surface area contributed by atoms with Crippen LogP contribution in [-0.2, 0) is 0 Å². The molecule has 1 aromatic rings. The van der Waals surface area contributed by atoms with Gasteiger partial charge >= 0.3 is 6.03 Å². The smallest absolute Gasteiger partial charge is 0.347 e. The maximum atomic E-state index is 11.5. The first-order valence-corrected chi connectivity index (χ1v) is 6.13. The molecule has 4 nitrogen and oxygen atoms in total. The summed E-state index contributed by atoms with van der Waals surface area (Å²) in [4.78, 5) is 17.7. The van der Waals surface area contributed by atoms with E-state index in [1.165, 1.54) is 16.2 Å². The molecule has 2 rings (SSSR count). The van der Waals surface area contributed by atoms with Crippen molar-refractivity contribution in [1.82, 2.24) is 4.90 Å². The standard InChI is InChI=1S/C10H8BrN3OS/c1-2-3-14-8(9(12)13-10(14)15)7-4-6(11)5-16-7/h1,4-5,8H,3H2,(H2,12,13,15). The van der Waals surface area contributed by atoms with Crippen LogP contribution in [0.2, 0.25) is 0 Å². The molecule has 16 heavy (non-hydrogen) atoms. The maximum absolute atomic E-state index is 11.5. The zero-order chi connectivity index (χ0) is 11.7. The van der Waals surface area contributed by atoms with Crippen molar-refractivity contribution in [2.24, 2.45) is 10.7 Å². The van der Waals surface area contributed by atoms with E-state index in [0.29, 0.717) is 5.84 Å². The minimum atomic E-state index is -0.370. The van der Waals surface area contributed by atoms with Crippen LogP contribution in [0.25, 0.3) is 0 Å². The molecule has 0 aromatic carbocycles. The number of amidine groups is 1. The van der Waals surface area contributed by atoms with Gasteiger partial charge in [0.15, 0.2) is 0 Å². The van der Waals surface area contributed by atoms with Crippen molar-refractivity contribution in [2.45, 2.75) is 6.04 Å². The fraction of sp³-hybridized carbons (Fsp3) is 0.200. The van der Waals surface area contributed by atoms with Crippen molar-refractivity contribution in [1.29, 1.82) is 0 Å². The molecular weight excluding hydrogens is 290 g/mol. The first-order valence-electron chi connectivity index (χ1n) is 4.45. The summed E-state index contributed by atoms with van der Waals surface area (Å²) in [5, 5.41) is 1.93. The minimum absolute atomic E-state index is 0.212. The highest BCUT2D eigenvalue weighted by Crippen LogP contribution is 2.32. The number of aliphatic imine (C=N–C) groups is 1. The highest BCUT2D eigenvalue weighted by Gasteiger charge is 2.34. The molecule has 2 N–H and O–H groups in total. The molecule has 0 bridgehead atoms. The lowest BCUT2D eigenvalue weighted by Crippen LogP contribution is -2.33. The third-order valence-electron chi connectivity index (χ3n) is 2.18. The first kappa shape index (κ1) is 11.2. The Bertz CT molecular complexity index is 502. The molecule has 1 aliphatic heterocycles. The Labute approximate surface area is 105 Å². The van der Waals surface area contributed by atoms with Gasteiger partial charge in [-0.15, -0.1) is 17.8 Å². The van der Waals surface area contributed by atoms with E-state index < -0.39 is 0 Å². The monoisotopic (exact) mass is 297 g/mol. The van der Waals surface area contributed by atoms with Crippen molar-refractivity contribution >= 4 is 39.1 Å². The van der Waals surface area contributed by atoms with Crippen molar-refractivity contribution < 1.29 is 4.79 Å². The van der Waals surface area contributed by atoms with Crippen LogP contribution in [0.4, 0.5) is 4.79 Å². The van der Waals surface area contributed by atoms with Gasteiger partial charge in [0.1, 0.15) is 11.9 Å². The molecule has 0 saturated carbocycles. The largest absolute Gasteiger partial charge is 0.385 e. The lowest BCUT2D eigenvalue weighted by atomic mass is 10.2. The van der Waals surface area contributed by atoms with Crippen molar-refractivity contribution in [3.8, 4) is 12.3 Å². The number of carbonyl (C=O) groups is 1. The molecule has 1 aliphatic rings. The van der Waals surface area contributed by atoms with Gasteiger partial charge in [-0.1, -0.05) is 5.92 Å². The molecule has 0 radical (unpaired) electrons. The van der Waals surface area contributed by atoms with Gasteiger partial charge in [0, 0.05) is 14.7 Å². The second-order valence-electron chi connectivity index (χ2n) is 3.22. The van der Waals surface area contributed by atoms with Gasteiger partial charge < -0.3 is 5.73 Å². The lowest BCUT2D eigenvalue weighted by molar-refractivity contribution is 0.214. The average Bonchev–Trinajstić information content (AvgIpc) is 2.73. The van der Waals surface area contributed by atoms with Crippen molar-refractivity contribution in [3.05, 3.63) is 20.8 Å². The van der Waals surface area contributed by atoms with Crippen LogP contribution in [0.15, 0.2) is 20.9 Å². The van der Waals surface area contributed by atoms with Gasteiger partial charge in [0.05, 0.1) is 6.54 Å². The van der Waals surface area contributed by atoms with Crippen LogP contribution in [0.3, 0.4) is 0 Å². The Morgan fingerprint density at radius 2 is 2.50 bits per heavy atom. The number of hydrogen-bond donors (Lipinski definition) is 1. The van der Waals surface area contributed by atoms with Crippen LogP contribution in [0.5, 0.6) is 0 Å². The Kier molecular flexibility index (Phi) is 2.99. The van der Waals surface area contributed by atoms with E-state index in [9.17, 15) is 4.79 Å². The molecule has 0 fully saturated rings. The summed E-state index contributed by atoms with van der Waals surface area (Å²) in [6.07, 6.45) is 5.22. The molecule has 2 amide bonds. The topological polar surface area (TPSA) is 58.7 Å². The Morgan fingerprint density at radius 1 is 1.75 bits per heavy atom. The van der Waals surface area contributed by atoms with E-state index in [0.717, 1.165) is 9.35 Å². The predicted octanol–water partition coefficient (Wildman–Crippen LogP) is 1.98. The predicted molar refractivity (Wildman–Crippen MR) is 67.3 cm³/mol. The minimum Gasteiger partial charge on any atom is -0.385 e. The van der Waals surface area contributed by atoms with Crippen LogP contribution in [-0.4, -0.2) is 23.3 Å². The van der Waals surface area contributed by atoms with Crippen LogP contribution in [0.1, 0.15) is 10.9 Å². The third kappa shape index (κ3) is 1.84. The lowest BCUT2D eigenvalue weighted by Gasteiger charge is -2.20. The van der Waals surface area contributed by atoms with Gasteiger partial charge in [0.25, 0.3) is 0 Å². The normalized spacial score (nSPS) is 19.8. The average molecular weight is 298 g/mol. The molecule has 6 heteroatoms. The Balaban J connectivity index is 2.35. The number of nitrogens with zero attached hydrogens (tertiary/aromatic N) is 2. The Hall–Kier alpha value is -1.32. The number of terminal acetylenes is 1. The first-order chi connectivity index (χ1) is 7.63. The highest BCUT2D eigenvalue weighted by atomic mass is 79.9. The molecule has 1 aromatic heterocycles. The summed E-state index contributed by atoms with van der Waals surface area (Å²) in [6, 6.07) is 1.23. The fourth-order valence-corrected chi connectivity index (χ4v) is 3.10. The molecule has 82 valence electrons. The molecule has 1 atom stereocenters. The second-order valence-corrected chi connectivity index (χ2v) is 5.08. The summed E-state index contributed by atoms with van der Waals surface area (Å²) in [5.74, 6) is 2.74. The van der Waals surface area contributed by atoms with Crippen molar-refractivity contribution in [2.75, 3.05) is 6.54 Å². The molecule has 1 unspecified atom stereocenters. The number of urea groups is 1. The summed E-state index contributed by atoms with van der Waals surface area (Å²) in [5.41, 5.74) is 5.74. The van der Waals surface area contributed by atoms with Gasteiger partial charge in [-0.2, -0.15) is 4.99 Å². The number of carbonyl (C=O) groups excluding carboxylic acids is 1. The molecule has 2 heterocycles. The van der Waals surface area contributed by atoms with E-state index in [4.69, 9.17) is 12.2 Å². The summed E-state index contributed by atoms with van der Waals surface area (Å²) < 4.78 is 0.959. The summed E-state index contributed by atoms with van der Waals surface area (Å²) in [6.45, 7) is 0.212. The van der Waals surface area contributed by atoms with Gasteiger partial charge in [-0.25, -0.2) is 4.79 Å². The van der Waals surface area contributed by atoms with Crippen molar-refractivity contribution in [3.63, 3.8) is 0 Å². The number of amides is 2. The third-order valence-corrected chi connectivity index (χ3v) is 3.93. The van der Waals surface area contributed by atoms with Gasteiger partial charge in [0.2, 0.25) is 0 Å². The zero-order valence-electron chi connectivity index (χ0n) is 8.18. The van der Waals surface area contributed by atoms with E-state index >= 15 is 0 Å². The summed E-state index contributed by atoms with van der Waals surface area (Å²) >= 11 is 4.87. The van der Waals surface area contributed by atoms with Crippen LogP contribution in [0, 0.1) is 12.3 Å². The van der Waals surface area contributed by atoms with E-state index in [-0.39, 0.29) is 18.6 Å². The molecule has 0 spiro atoms. The van der Waals surface area contributed by atoms with Gasteiger partial charge in [-0.3, -0.25) is 4.90 Å². The van der Waals surface area contributed by atoms with Gasteiger partial charge in [-0.05, 0) is 22.0 Å². The second kappa shape index (κ2) is 4.28.